The molecule has 1 aliphatic rings. The number of anilines is 1. The third kappa shape index (κ3) is 2.63. The van der Waals surface area contributed by atoms with Crippen LogP contribution in [0.5, 0.6) is 0 Å². The molecule has 0 amide bonds. The molecular formula is C14H18BrN3S. The van der Waals surface area contributed by atoms with Gasteiger partial charge < -0.3 is 4.90 Å². The number of thiophene rings is 1. The first-order valence-corrected chi connectivity index (χ1v) is 8.77. The lowest BCUT2D eigenvalue weighted by Crippen LogP contribution is -2.30. The fourth-order valence-electron chi connectivity index (χ4n) is 2.92. The van der Waals surface area contributed by atoms with Gasteiger partial charge in [0.1, 0.15) is 17.0 Å². The number of rotatable bonds is 4. The summed E-state index contributed by atoms with van der Waals surface area (Å²) in [7, 11) is 0. The summed E-state index contributed by atoms with van der Waals surface area (Å²) in [5.41, 5.74) is 0. The monoisotopic (exact) mass is 339 g/mol. The van der Waals surface area contributed by atoms with Crippen LogP contribution >= 0.6 is 27.3 Å². The minimum absolute atomic E-state index is 0.649. The van der Waals surface area contributed by atoms with Crippen LogP contribution in [0.1, 0.15) is 30.6 Å². The summed E-state index contributed by atoms with van der Waals surface area (Å²) >= 11 is 5.29. The van der Waals surface area contributed by atoms with E-state index in [9.17, 15) is 0 Å². The van der Waals surface area contributed by atoms with Crippen molar-refractivity contribution in [2.45, 2.75) is 38.6 Å². The summed E-state index contributed by atoms with van der Waals surface area (Å²) < 4.78 is 0. The Balaban J connectivity index is 1.94. The van der Waals surface area contributed by atoms with Crippen LogP contribution in [0.25, 0.3) is 10.2 Å². The molecule has 2 aromatic rings. The van der Waals surface area contributed by atoms with E-state index in [4.69, 9.17) is 0 Å². The lowest BCUT2D eigenvalue weighted by Gasteiger charge is -2.26. The van der Waals surface area contributed by atoms with Crippen molar-refractivity contribution in [1.29, 1.82) is 0 Å². The molecule has 1 fully saturated rings. The van der Waals surface area contributed by atoms with Crippen LogP contribution in [0.3, 0.4) is 0 Å². The molecule has 3 rings (SSSR count). The number of hydrogen-bond acceptors (Lipinski definition) is 4. The molecule has 1 saturated heterocycles. The molecule has 0 bridgehead atoms. The van der Waals surface area contributed by atoms with Crippen molar-refractivity contribution in [3.05, 3.63) is 17.3 Å². The number of alkyl halides is 1. The molecule has 0 N–H and O–H groups in total. The number of aryl methyl sites for hydroxylation is 1. The zero-order chi connectivity index (χ0) is 13.2. The maximum atomic E-state index is 4.57. The number of halogens is 1. The van der Waals surface area contributed by atoms with Crippen molar-refractivity contribution >= 4 is 43.3 Å². The lowest BCUT2D eigenvalue weighted by molar-refractivity contribution is 0.601. The second kappa shape index (κ2) is 5.75. The van der Waals surface area contributed by atoms with Crippen LogP contribution in [0.2, 0.25) is 0 Å². The van der Waals surface area contributed by atoms with Gasteiger partial charge in [0.15, 0.2) is 0 Å². The van der Waals surface area contributed by atoms with Crippen LogP contribution < -0.4 is 4.90 Å². The van der Waals surface area contributed by atoms with Crippen molar-refractivity contribution in [3.63, 3.8) is 0 Å². The van der Waals surface area contributed by atoms with Gasteiger partial charge in [0, 0.05) is 22.8 Å². The molecule has 0 saturated carbocycles. The normalized spacial score (nSPS) is 19.5. The zero-order valence-corrected chi connectivity index (χ0v) is 13.5. The van der Waals surface area contributed by atoms with Gasteiger partial charge in [-0.2, -0.15) is 0 Å². The van der Waals surface area contributed by atoms with Gasteiger partial charge in [-0.1, -0.05) is 15.9 Å². The first-order chi connectivity index (χ1) is 9.29. The second-order valence-corrected chi connectivity index (χ2v) is 7.12. The smallest absolute Gasteiger partial charge is 0.141 e. The Hall–Kier alpha value is -0.680. The Morgan fingerprint density at radius 3 is 3.21 bits per heavy atom. The Morgan fingerprint density at radius 1 is 1.47 bits per heavy atom. The van der Waals surface area contributed by atoms with E-state index >= 15 is 0 Å². The van der Waals surface area contributed by atoms with E-state index in [0.717, 1.165) is 22.5 Å². The van der Waals surface area contributed by atoms with Gasteiger partial charge in [-0.25, -0.2) is 9.97 Å². The highest BCUT2D eigenvalue weighted by molar-refractivity contribution is 9.09. The highest BCUT2D eigenvalue weighted by atomic mass is 79.9. The Kier molecular flexibility index (Phi) is 4.03. The molecule has 19 heavy (non-hydrogen) atoms. The molecule has 0 spiro atoms. The molecular weight excluding hydrogens is 322 g/mol. The Labute approximate surface area is 126 Å². The molecule has 0 aliphatic carbocycles. The molecule has 1 atom stereocenters. The zero-order valence-electron chi connectivity index (χ0n) is 11.1. The third-order valence-corrected chi connectivity index (χ3v) is 5.27. The highest BCUT2D eigenvalue weighted by Gasteiger charge is 2.26. The van der Waals surface area contributed by atoms with Crippen LogP contribution in [0, 0.1) is 6.92 Å². The highest BCUT2D eigenvalue weighted by Crippen LogP contribution is 2.34. The van der Waals surface area contributed by atoms with E-state index in [-0.39, 0.29) is 0 Å². The third-order valence-electron chi connectivity index (χ3n) is 3.75. The standard InChI is InChI=1S/C14H18BrN3S/c1-10-8-12-13(16-9-17-14(12)19-10)18-7-3-5-11(18)4-2-6-15/h8-9,11H,2-7H2,1H3. The molecule has 102 valence electrons. The number of aromatic nitrogens is 2. The number of fused-ring (bicyclic) bond motifs is 1. The van der Waals surface area contributed by atoms with Gasteiger partial charge >= 0.3 is 0 Å². The SMILES string of the molecule is Cc1cc2c(N3CCCC3CCCBr)ncnc2s1. The van der Waals surface area contributed by atoms with Gasteiger partial charge in [0.05, 0.1) is 5.39 Å². The van der Waals surface area contributed by atoms with E-state index in [1.807, 2.05) is 0 Å². The first kappa shape index (κ1) is 13.3. The molecule has 1 aliphatic heterocycles. The topological polar surface area (TPSA) is 29.0 Å². The predicted octanol–water partition coefficient (Wildman–Crippen LogP) is 4.14. The summed E-state index contributed by atoms with van der Waals surface area (Å²) in [5.74, 6) is 1.14. The quantitative estimate of drug-likeness (QED) is 0.783. The summed E-state index contributed by atoms with van der Waals surface area (Å²) in [6, 6.07) is 2.88. The molecule has 0 aromatic carbocycles. The van der Waals surface area contributed by atoms with Crippen molar-refractivity contribution in [2.24, 2.45) is 0 Å². The molecule has 0 radical (unpaired) electrons. The minimum Gasteiger partial charge on any atom is -0.353 e. The Morgan fingerprint density at radius 2 is 2.37 bits per heavy atom. The second-order valence-electron chi connectivity index (χ2n) is 5.09. The summed E-state index contributed by atoms with van der Waals surface area (Å²) in [4.78, 5) is 13.9. The molecule has 2 aromatic heterocycles. The largest absolute Gasteiger partial charge is 0.353 e. The van der Waals surface area contributed by atoms with Crippen LogP contribution in [0.4, 0.5) is 5.82 Å². The number of nitrogens with zero attached hydrogens (tertiary/aromatic N) is 3. The maximum Gasteiger partial charge on any atom is 0.141 e. The number of hydrogen-bond donors (Lipinski definition) is 0. The fraction of sp³-hybridized carbons (Fsp3) is 0.571. The summed E-state index contributed by atoms with van der Waals surface area (Å²) in [6.07, 6.45) is 6.77. The maximum absolute atomic E-state index is 4.57. The van der Waals surface area contributed by atoms with E-state index in [1.165, 1.54) is 35.9 Å². The van der Waals surface area contributed by atoms with Crippen molar-refractivity contribution in [1.82, 2.24) is 9.97 Å². The summed E-state index contributed by atoms with van der Waals surface area (Å²) in [6.45, 7) is 3.27. The molecule has 1 unspecified atom stereocenters. The van der Waals surface area contributed by atoms with Crippen molar-refractivity contribution in [2.75, 3.05) is 16.8 Å². The van der Waals surface area contributed by atoms with Crippen LogP contribution in [0.15, 0.2) is 12.4 Å². The van der Waals surface area contributed by atoms with Crippen LogP contribution in [-0.2, 0) is 0 Å². The van der Waals surface area contributed by atoms with Gasteiger partial charge in [0.2, 0.25) is 0 Å². The predicted molar refractivity (Wildman–Crippen MR) is 85.5 cm³/mol. The lowest BCUT2D eigenvalue weighted by atomic mass is 10.1. The van der Waals surface area contributed by atoms with Gasteiger partial charge in [-0.05, 0) is 38.7 Å². The Bertz CT molecular complexity index is 569. The van der Waals surface area contributed by atoms with Crippen molar-refractivity contribution < 1.29 is 0 Å². The van der Waals surface area contributed by atoms with E-state index < -0.39 is 0 Å². The van der Waals surface area contributed by atoms with Crippen LogP contribution in [-0.4, -0.2) is 27.9 Å². The van der Waals surface area contributed by atoms with Gasteiger partial charge in [-0.3, -0.25) is 0 Å². The van der Waals surface area contributed by atoms with E-state index in [0.29, 0.717) is 6.04 Å². The molecule has 3 nitrogen and oxygen atoms in total. The summed E-state index contributed by atoms with van der Waals surface area (Å²) in [5, 5.41) is 2.32. The van der Waals surface area contributed by atoms with Gasteiger partial charge in [-0.15, -0.1) is 11.3 Å². The van der Waals surface area contributed by atoms with E-state index in [1.54, 1.807) is 17.7 Å². The fourth-order valence-corrected chi connectivity index (χ4v) is 4.09. The van der Waals surface area contributed by atoms with Crippen molar-refractivity contribution in [3.8, 4) is 0 Å². The first-order valence-electron chi connectivity index (χ1n) is 6.83. The average molecular weight is 340 g/mol. The molecule has 3 heterocycles. The average Bonchev–Trinajstić information content (AvgIpc) is 3.00. The van der Waals surface area contributed by atoms with Gasteiger partial charge in [0.25, 0.3) is 0 Å². The minimum atomic E-state index is 0.649. The molecule has 5 heteroatoms. The van der Waals surface area contributed by atoms with E-state index in [2.05, 4.69) is 43.8 Å².